The van der Waals surface area contributed by atoms with Gasteiger partial charge >= 0.3 is 0 Å². The molecule has 2 heterocycles. The van der Waals surface area contributed by atoms with E-state index in [4.69, 9.17) is 5.11 Å². The third-order valence-electron chi connectivity index (χ3n) is 3.41. The molecule has 1 aliphatic carbocycles. The van der Waals surface area contributed by atoms with Crippen LogP contribution in [-0.4, -0.2) is 27.7 Å². The van der Waals surface area contributed by atoms with Gasteiger partial charge in [-0.2, -0.15) is 4.98 Å². The van der Waals surface area contributed by atoms with E-state index >= 15 is 0 Å². The minimum absolute atomic E-state index is 0.0513. The third kappa shape index (κ3) is 3.92. The van der Waals surface area contributed by atoms with Crippen molar-refractivity contribution in [2.75, 3.05) is 17.2 Å². The zero-order valence-corrected chi connectivity index (χ0v) is 12.9. The molecule has 0 spiro atoms. The molecular weight excluding hydrogens is 284 g/mol. The Morgan fingerprint density at radius 1 is 1.43 bits per heavy atom. The summed E-state index contributed by atoms with van der Waals surface area (Å²) in [6, 6.07) is 6.14. The fourth-order valence-corrected chi connectivity index (χ4v) is 2.71. The molecule has 0 radical (unpaired) electrons. The number of anilines is 2. The van der Waals surface area contributed by atoms with Crippen molar-refractivity contribution in [3.8, 4) is 0 Å². The van der Waals surface area contributed by atoms with Crippen molar-refractivity contribution < 1.29 is 5.11 Å². The summed E-state index contributed by atoms with van der Waals surface area (Å²) in [5.74, 6) is 2.00. The number of rotatable bonds is 7. The normalized spacial score (nSPS) is 15.7. The zero-order valence-electron chi connectivity index (χ0n) is 12.0. The van der Waals surface area contributed by atoms with Gasteiger partial charge in [-0.05, 0) is 31.2 Å². The van der Waals surface area contributed by atoms with E-state index in [1.807, 2.05) is 19.1 Å². The molecule has 1 atom stereocenters. The molecule has 112 valence electrons. The number of nitrogens with zero attached hydrogens (tertiary/aromatic N) is 2. The Balaban J connectivity index is 1.74. The van der Waals surface area contributed by atoms with E-state index < -0.39 is 0 Å². The van der Waals surface area contributed by atoms with Crippen LogP contribution >= 0.6 is 11.3 Å². The molecule has 5 nitrogen and oxygen atoms in total. The molecule has 0 unspecified atom stereocenters. The van der Waals surface area contributed by atoms with Crippen LogP contribution in [0.2, 0.25) is 0 Å². The van der Waals surface area contributed by atoms with Gasteiger partial charge in [0.1, 0.15) is 5.82 Å². The smallest absolute Gasteiger partial charge is 0.225 e. The Morgan fingerprint density at radius 2 is 2.29 bits per heavy atom. The Hall–Kier alpha value is -1.66. The average molecular weight is 304 g/mol. The number of nitrogens with one attached hydrogen (secondary N) is 2. The highest BCUT2D eigenvalue weighted by molar-refractivity contribution is 7.09. The van der Waals surface area contributed by atoms with Crippen molar-refractivity contribution in [1.29, 1.82) is 0 Å². The van der Waals surface area contributed by atoms with E-state index in [-0.39, 0.29) is 12.6 Å². The standard InChI is InChI=1S/C15H20N4OS/c1-10(9-20)17-15-18-13(11-4-5-11)7-14(19-15)16-8-12-3-2-6-21-12/h2-3,6-7,10-11,20H,4-5,8-9H2,1H3,(H2,16,17,18,19)/t10-/m1/s1. The van der Waals surface area contributed by atoms with Crippen molar-refractivity contribution >= 4 is 23.1 Å². The van der Waals surface area contributed by atoms with E-state index in [1.54, 1.807) is 11.3 Å². The number of aromatic nitrogens is 2. The highest BCUT2D eigenvalue weighted by atomic mass is 32.1. The SMILES string of the molecule is C[C@H](CO)Nc1nc(NCc2cccs2)cc(C2CC2)n1. The average Bonchev–Trinajstić information content (AvgIpc) is 3.21. The summed E-state index contributed by atoms with van der Waals surface area (Å²) in [6.07, 6.45) is 2.41. The van der Waals surface area contributed by atoms with Crippen molar-refractivity contribution in [2.45, 2.75) is 38.3 Å². The minimum atomic E-state index is -0.0513. The minimum Gasteiger partial charge on any atom is -0.394 e. The molecule has 2 aromatic heterocycles. The summed E-state index contributed by atoms with van der Waals surface area (Å²) in [4.78, 5) is 10.3. The summed E-state index contributed by atoms with van der Waals surface area (Å²) in [5.41, 5.74) is 1.09. The monoisotopic (exact) mass is 304 g/mol. The summed E-state index contributed by atoms with van der Waals surface area (Å²) in [7, 11) is 0. The number of thiophene rings is 1. The second-order valence-corrected chi connectivity index (χ2v) is 6.47. The topological polar surface area (TPSA) is 70.1 Å². The first-order valence-electron chi connectivity index (χ1n) is 7.27. The van der Waals surface area contributed by atoms with Crippen LogP contribution in [-0.2, 0) is 6.54 Å². The first-order chi connectivity index (χ1) is 10.2. The summed E-state index contributed by atoms with van der Waals surface area (Å²) < 4.78 is 0. The fraction of sp³-hybridized carbons (Fsp3) is 0.467. The van der Waals surface area contributed by atoms with Gasteiger partial charge in [-0.25, -0.2) is 4.98 Å². The molecule has 1 saturated carbocycles. The molecule has 1 fully saturated rings. The van der Waals surface area contributed by atoms with Crippen molar-refractivity contribution in [2.24, 2.45) is 0 Å². The molecule has 0 amide bonds. The molecule has 0 saturated heterocycles. The number of hydrogen-bond donors (Lipinski definition) is 3. The summed E-state index contributed by atoms with van der Waals surface area (Å²) in [6.45, 7) is 2.74. The van der Waals surface area contributed by atoms with E-state index in [9.17, 15) is 0 Å². The van der Waals surface area contributed by atoms with Crippen LogP contribution < -0.4 is 10.6 Å². The largest absolute Gasteiger partial charge is 0.394 e. The van der Waals surface area contributed by atoms with Gasteiger partial charge in [-0.1, -0.05) is 6.07 Å². The molecule has 0 bridgehead atoms. The highest BCUT2D eigenvalue weighted by Gasteiger charge is 2.26. The molecule has 0 aromatic carbocycles. The lowest BCUT2D eigenvalue weighted by molar-refractivity contribution is 0.281. The lowest BCUT2D eigenvalue weighted by Gasteiger charge is -2.13. The van der Waals surface area contributed by atoms with E-state index in [0.29, 0.717) is 11.9 Å². The second kappa shape index (κ2) is 6.41. The molecule has 2 aromatic rings. The maximum Gasteiger partial charge on any atom is 0.225 e. The Labute approximate surface area is 128 Å². The van der Waals surface area contributed by atoms with Crippen molar-refractivity contribution in [3.63, 3.8) is 0 Å². The molecule has 0 aliphatic heterocycles. The van der Waals surface area contributed by atoms with Gasteiger partial charge in [0.15, 0.2) is 0 Å². The van der Waals surface area contributed by atoms with Gasteiger partial charge in [-0.3, -0.25) is 0 Å². The Morgan fingerprint density at radius 3 is 2.95 bits per heavy atom. The molecular formula is C15H20N4OS. The Bertz CT molecular complexity index is 583. The van der Waals surface area contributed by atoms with Gasteiger partial charge < -0.3 is 15.7 Å². The molecule has 1 aliphatic rings. The first kappa shape index (κ1) is 14.3. The second-order valence-electron chi connectivity index (χ2n) is 5.44. The Kier molecular flexibility index (Phi) is 4.36. The van der Waals surface area contributed by atoms with Crippen molar-refractivity contribution in [3.05, 3.63) is 34.2 Å². The van der Waals surface area contributed by atoms with Gasteiger partial charge in [0.2, 0.25) is 5.95 Å². The van der Waals surface area contributed by atoms with Crippen LogP contribution in [0, 0.1) is 0 Å². The van der Waals surface area contributed by atoms with E-state index in [1.165, 1.54) is 17.7 Å². The maximum atomic E-state index is 9.15. The lowest BCUT2D eigenvalue weighted by atomic mass is 10.2. The summed E-state index contributed by atoms with van der Waals surface area (Å²) >= 11 is 1.73. The van der Waals surface area contributed by atoms with E-state index in [0.717, 1.165) is 18.1 Å². The van der Waals surface area contributed by atoms with Crippen molar-refractivity contribution in [1.82, 2.24) is 9.97 Å². The first-order valence-corrected chi connectivity index (χ1v) is 8.15. The quantitative estimate of drug-likeness (QED) is 0.734. The van der Waals surface area contributed by atoms with E-state index in [2.05, 4.69) is 32.0 Å². The number of aliphatic hydroxyl groups is 1. The van der Waals surface area contributed by atoms with Gasteiger partial charge in [0, 0.05) is 22.9 Å². The van der Waals surface area contributed by atoms with Gasteiger partial charge in [-0.15, -0.1) is 11.3 Å². The van der Waals surface area contributed by atoms with Gasteiger partial charge in [0.05, 0.1) is 18.8 Å². The van der Waals surface area contributed by atoms with Crippen LogP contribution in [0.25, 0.3) is 0 Å². The van der Waals surface area contributed by atoms with Crippen LogP contribution in [0.15, 0.2) is 23.6 Å². The molecule has 6 heteroatoms. The molecule has 21 heavy (non-hydrogen) atoms. The number of aliphatic hydroxyl groups excluding tert-OH is 1. The van der Waals surface area contributed by atoms with Crippen LogP contribution in [0.1, 0.15) is 36.3 Å². The zero-order chi connectivity index (χ0) is 14.7. The lowest BCUT2D eigenvalue weighted by Crippen LogP contribution is -2.21. The molecule has 3 N–H and O–H groups in total. The maximum absolute atomic E-state index is 9.15. The molecule has 3 rings (SSSR count). The summed E-state index contributed by atoms with van der Waals surface area (Å²) in [5, 5.41) is 17.7. The van der Waals surface area contributed by atoms with Crippen LogP contribution in [0.5, 0.6) is 0 Å². The van der Waals surface area contributed by atoms with Crippen LogP contribution in [0.3, 0.4) is 0 Å². The van der Waals surface area contributed by atoms with Crippen LogP contribution in [0.4, 0.5) is 11.8 Å². The third-order valence-corrected chi connectivity index (χ3v) is 4.29. The predicted octanol–water partition coefficient (Wildman–Crippen LogP) is 2.82. The number of hydrogen-bond acceptors (Lipinski definition) is 6. The fourth-order valence-electron chi connectivity index (χ4n) is 2.07. The highest BCUT2D eigenvalue weighted by Crippen LogP contribution is 2.39. The van der Waals surface area contributed by atoms with Gasteiger partial charge in [0.25, 0.3) is 0 Å². The predicted molar refractivity (Wildman–Crippen MR) is 85.8 cm³/mol.